The molecule has 6 rings (SSSR count). The van der Waals surface area contributed by atoms with Gasteiger partial charge in [0.15, 0.2) is 17.8 Å². The quantitative estimate of drug-likeness (QED) is 0.313. The summed E-state index contributed by atoms with van der Waals surface area (Å²) in [5.74, 6) is -1.31. The van der Waals surface area contributed by atoms with Crippen molar-refractivity contribution in [3.05, 3.63) is 88.5 Å². The molecule has 2 amide bonds. The molecular weight excluding hydrogens is 643 g/mol. The van der Waals surface area contributed by atoms with E-state index in [1.54, 1.807) is 38.5 Å². The monoisotopic (exact) mass is 683 g/mol. The first kappa shape index (κ1) is 34.7. The Morgan fingerprint density at radius 1 is 0.959 bits per heavy atom. The lowest BCUT2D eigenvalue weighted by Crippen LogP contribution is -2.48. The van der Waals surface area contributed by atoms with Gasteiger partial charge in [-0.1, -0.05) is 36.4 Å². The zero-order valence-corrected chi connectivity index (χ0v) is 27.4. The first-order valence-electron chi connectivity index (χ1n) is 16.3. The number of benzene rings is 3. The van der Waals surface area contributed by atoms with E-state index >= 15 is 0 Å². The van der Waals surface area contributed by atoms with E-state index in [1.165, 1.54) is 5.56 Å². The van der Waals surface area contributed by atoms with Crippen LogP contribution in [0, 0.1) is 0 Å². The van der Waals surface area contributed by atoms with Crippen LogP contribution in [0.15, 0.2) is 60.7 Å². The molecule has 3 aliphatic heterocycles. The molecule has 0 bridgehead atoms. The molecule has 3 heterocycles. The van der Waals surface area contributed by atoms with Crippen molar-refractivity contribution in [3.63, 3.8) is 0 Å². The number of carbonyl (C=O) groups is 2. The van der Waals surface area contributed by atoms with Gasteiger partial charge in [-0.15, -0.1) is 0 Å². The molecule has 0 spiro atoms. The molecule has 0 aromatic heterocycles. The van der Waals surface area contributed by atoms with Crippen LogP contribution in [0.3, 0.4) is 0 Å². The topological polar surface area (TPSA) is 110 Å². The van der Waals surface area contributed by atoms with Crippen LogP contribution in [0.1, 0.15) is 59.5 Å². The van der Waals surface area contributed by atoms with Crippen LogP contribution in [0.5, 0.6) is 11.5 Å². The van der Waals surface area contributed by atoms with Crippen LogP contribution in [0.4, 0.5) is 18.9 Å². The summed E-state index contributed by atoms with van der Waals surface area (Å²) in [4.78, 5) is 28.0. The van der Waals surface area contributed by atoms with Gasteiger partial charge >= 0.3 is 12.1 Å². The van der Waals surface area contributed by atoms with E-state index in [-0.39, 0.29) is 31.8 Å². The number of amides is 2. The Hall–Kier alpha value is -4.17. The largest absolute Gasteiger partial charge is 0.493 e. The molecule has 3 aromatic rings. The van der Waals surface area contributed by atoms with Gasteiger partial charge in [-0.3, -0.25) is 14.5 Å². The molecule has 4 atom stereocenters. The molecule has 10 nitrogen and oxygen atoms in total. The van der Waals surface area contributed by atoms with Crippen molar-refractivity contribution < 1.29 is 46.8 Å². The smallest absolute Gasteiger partial charge is 0.471 e. The molecule has 0 saturated carbocycles. The number of fused-ring (bicyclic) bond motifs is 1. The average molecular weight is 684 g/mol. The van der Waals surface area contributed by atoms with E-state index in [0.29, 0.717) is 53.6 Å². The minimum Gasteiger partial charge on any atom is -0.493 e. The first-order chi connectivity index (χ1) is 23.6. The highest BCUT2D eigenvalue weighted by molar-refractivity contribution is 5.98. The number of anilines is 1. The summed E-state index contributed by atoms with van der Waals surface area (Å²) in [6.07, 6.45) is -4.58. The number of aliphatic hydroxyl groups is 1. The molecule has 49 heavy (non-hydrogen) atoms. The van der Waals surface area contributed by atoms with Crippen LogP contribution in [0.25, 0.3) is 0 Å². The highest BCUT2D eigenvalue weighted by Crippen LogP contribution is 2.40. The summed E-state index contributed by atoms with van der Waals surface area (Å²) in [7, 11) is 3.24. The molecule has 0 aliphatic carbocycles. The Balaban J connectivity index is 1.20. The van der Waals surface area contributed by atoms with Crippen LogP contribution in [0.2, 0.25) is 0 Å². The summed E-state index contributed by atoms with van der Waals surface area (Å²) in [5.41, 5.74) is 5.05. The van der Waals surface area contributed by atoms with Crippen molar-refractivity contribution in [2.24, 2.45) is 0 Å². The second kappa shape index (κ2) is 14.8. The molecule has 3 aliphatic rings. The van der Waals surface area contributed by atoms with Gasteiger partial charge in [-0.2, -0.15) is 13.2 Å². The van der Waals surface area contributed by atoms with Crippen LogP contribution in [-0.4, -0.2) is 78.9 Å². The summed E-state index contributed by atoms with van der Waals surface area (Å²) in [6, 6.07) is 17.2. The maximum Gasteiger partial charge on any atom is 0.471 e. The number of halogens is 3. The van der Waals surface area contributed by atoms with Crippen LogP contribution in [-0.2, 0) is 38.6 Å². The van der Waals surface area contributed by atoms with Crippen molar-refractivity contribution in [3.8, 4) is 11.5 Å². The SMILES string of the molecule is COc1cc2c(cc1OC)CN(C[C@H]1C[C@@H](c3ccc(CO)cc3)O[C@@H](c3cccc(NC(=O)[C@@H]4CCCN4C(=O)C(F)(F)F)c3)O1)CC2. The molecule has 13 heteroatoms. The highest BCUT2D eigenvalue weighted by Gasteiger charge is 2.47. The normalized spacial score (nSPS) is 22.8. The number of carbonyl (C=O) groups excluding carboxylic acids is 2. The first-order valence-corrected chi connectivity index (χ1v) is 16.3. The van der Waals surface area contributed by atoms with E-state index in [0.717, 1.165) is 29.7 Å². The third kappa shape index (κ3) is 7.85. The summed E-state index contributed by atoms with van der Waals surface area (Å²) >= 11 is 0. The van der Waals surface area contributed by atoms with E-state index in [2.05, 4.69) is 10.2 Å². The van der Waals surface area contributed by atoms with Crippen LogP contribution >= 0.6 is 0 Å². The number of ether oxygens (including phenoxy) is 4. The minimum atomic E-state index is -5.05. The van der Waals surface area contributed by atoms with Gasteiger partial charge < -0.3 is 34.3 Å². The summed E-state index contributed by atoms with van der Waals surface area (Å²) < 4.78 is 63.5. The number of hydrogen-bond acceptors (Lipinski definition) is 8. The third-order valence-corrected chi connectivity index (χ3v) is 9.36. The molecule has 0 unspecified atom stereocenters. The lowest BCUT2D eigenvalue weighted by molar-refractivity contribution is -0.253. The number of nitrogens with zero attached hydrogens (tertiary/aromatic N) is 2. The number of likely N-dealkylation sites (tertiary alicyclic amines) is 1. The Labute approximate surface area is 282 Å². The van der Waals surface area contributed by atoms with E-state index in [9.17, 15) is 27.9 Å². The standard InChI is InChI=1S/C36H40F3N3O7/c1-46-31-16-24-12-14-41(19-26(24)17-32(31)47-2)20-28-18-30(23-10-8-22(21-43)9-11-23)49-34(48-28)25-5-3-6-27(15-25)40-33(44)29-7-4-13-42(29)35(45)36(37,38)39/h3,5-6,8-11,15-17,28-30,34,43H,4,7,12-14,18-21H2,1-2H3,(H,40,44)/t28-,29+,30+,34+/m1/s1. The predicted octanol–water partition coefficient (Wildman–Crippen LogP) is 5.29. The highest BCUT2D eigenvalue weighted by atomic mass is 19.4. The van der Waals surface area contributed by atoms with Crippen molar-refractivity contribution in [1.82, 2.24) is 9.80 Å². The second-order valence-electron chi connectivity index (χ2n) is 12.6. The average Bonchev–Trinajstić information content (AvgIpc) is 3.60. The lowest BCUT2D eigenvalue weighted by Gasteiger charge is -2.39. The maximum atomic E-state index is 13.1. The van der Waals surface area contributed by atoms with E-state index in [1.807, 2.05) is 36.4 Å². The van der Waals surface area contributed by atoms with E-state index in [4.69, 9.17) is 18.9 Å². The number of hydrogen-bond donors (Lipinski definition) is 2. The van der Waals surface area contributed by atoms with Gasteiger partial charge in [-0.05, 0) is 65.8 Å². The molecule has 2 N–H and O–H groups in total. The maximum absolute atomic E-state index is 13.1. The molecule has 2 saturated heterocycles. The zero-order valence-electron chi connectivity index (χ0n) is 27.4. The fourth-order valence-corrected chi connectivity index (χ4v) is 6.85. The fraction of sp³-hybridized carbons (Fsp3) is 0.444. The van der Waals surface area contributed by atoms with Crippen molar-refractivity contribution in [2.75, 3.05) is 39.2 Å². The van der Waals surface area contributed by atoms with Gasteiger partial charge in [0, 0.05) is 43.9 Å². The summed E-state index contributed by atoms with van der Waals surface area (Å²) in [6.45, 7) is 1.94. The molecular formula is C36H40F3N3O7. The van der Waals surface area contributed by atoms with Crippen molar-refractivity contribution >= 4 is 17.5 Å². The molecule has 262 valence electrons. The Kier molecular flexibility index (Phi) is 10.4. The minimum absolute atomic E-state index is 0.0746. The predicted molar refractivity (Wildman–Crippen MR) is 173 cm³/mol. The van der Waals surface area contributed by atoms with Crippen molar-refractivity contribution in [2.45, 2.75) is 69.6 Å². The van der Waals surface area contributed by atoms with E-state index < -0.39 is 30.3 Å². The van der Waals surface area contributed by atoms with Gasteiger partial charge in [0.05, 0.1) is 33.0 Å². The molecule has 3 aromatic carbocycles. The number of rotatable bonds is 9. The van der Waals surface area contributed by atoms with Gasteiger partial charge in [0.2, 0.25) is 5.91 Å². The Morgan fingerprint density at radius 3 is 2.39 bits per heavy atom. The Morgan fingerprint density at radius 2 is 1.69 bits per heavy atom. The second-order valence-corrected chi connectivity index (χ2v) is 12.6. The number of alkyl halides is 3. The van der Waals surface area contributed by atoms with Gasteiger partial charge in [0.1, 0.15) is 6.04 Å². The third-order valence-electron chi connectivity index (χ3n) is 9.36. The van der Waals surface area contributed by atoms with Gasteiger partial charge in [0.25, 0.3) is 0 Å². The van der Waals surface area contributed by atoms with Crippen LogP contribution < -0.4 is 14.8 Å². The van der Waals surface area contributed by atoms with Crippen molar-refractivity contribution in [1.29, 1.82) is 0 Å². The lowest BCUT2D eigenvalue weighted by atomic mass is 9.97. The van der Waals surface area contributed by atoms with Gasteiger partial charge in [-0.25, -0.2) is 0 Å². The number of nitrogens with one attached hydrogen (secondary N) is 1. The Bertz CT molecular complexity index is 1650. The zero-order chi connectivity index (χ0) is 34.7. The number of methoxy groups -OCH3 is 2. The molecule has 0 radical (unpaired) electrons. The number of aliphatic hydroxyl groups excluding tert-OH is 1. The fourth-order valence-electron chi connectivity index (χ4n) is 6.85. The summed E-state index contributed by atoms with van der Waals surface area (Å²) in [5, 5.41) is 12.2. The molecule has 2 fully saturated rings.